The molecule has 0 spiro atoms. The lowest BCUT2D eigenvalue weighted by molar-refractivity contribution is -0.129. The van der Waals surface area contributed by atoms with Crippen LogP contribution in [0, 0.1) is 16.7 Å². The van der Waals surface area contributed by atoms with Crippen LogP contribution in [0.15, 0.2) is 18.6 Å². The highest BCUT2D eigenvalue weighted by Crippen LogP contribution is 2.73. The SMILES string of the molecule is CC12CC(c3c(C#N)cc4cncnn34)(C1)C2. The van der Waals surface area contributed by atoms with Gasteiger partial charge in [0.15, 0.2) is 0 Å². The van der Waals surface area contributed by atoms with E-state index in [1.165, 1.54) is 19.3 Å². The average Bonchev–Trinajstić information content (AvgIpc) is 2.62. The molecule has 0 aromatic carbocycles. The van der Waals surface area contributed by atoms with Crippen molar-refractivity contribution < 1.29 is 0 Å². The van der Waals surface area contributed by atoms with Gasteiger partial charge in [0, 0.05) is 5.41 Å². The van der Waals surface area contributed by atoms with Gasteiger partial charge < -0.3 is 0 Å². The minimum atomic E-state index is 0.223. The van der Waals surface area contributed by atoms with Gasteiger partial charge in [-0.05, 0) is 30.7 Å². The third-order valence-corrected chi connectivity index (χ3v) is 4.36. The molecule has 4 nitrogen and oxygen atoms in total. The van der Waals surface area contributed by atoms with Gasteiger partial charge in [0.05, 0.1) is 23.0 Å². The molecule has 3 aliphatic rings. The first-order chi connectivity index (χ1) is 8.16. The quantitative estimate of drug-likeness (QED) is 0.744. The molecular weight excluding hydrogens is 212 g/mol. The summed E-state index contributed by atoms with van der Waals surface area (Å²) in [6.07, 6.45) is 6.91. The lowest BCUT2D eigenvalue weighted by Gasteiger charge is -2.69. The van der Waals surface area contributed by atoms with Gasteiger partial charge in [0.2, 0.25) is 0 Å². The molecule has 2 aromatic rings. The summed E-state index contributed by atoms with van der Waals surface area (Å²) in [5.41, 5.74) is 3.56. The third-order valence-electron chi connectivity index (χ3n) is 4.36. The Morgan fingerprint density at radius 3 is 2.82 bits per heavy atom. The number of hydrogen-bond acceptors (Lipinski definition) is 3. The predicted octanol–water partition coefficient (Wildman–Crippen LogP) is 2.04. The van der Waals surface area contributed by atoms with E-state index in [1.807, 2.05) is 10.6 Å². The summed E-state index contributed by atoms with van der Waals surface area (Å²) in [6, 6.07) is 4.21. The molecule has 0 atom stereocenters. The standard InChI is InChI=1S/C13H12N4/c1-12-5-13(6-12,7-12)11-9(3-14)2-10-4-15-8-16-17(10)11/h2,4,8H,5-7H2,1H3. The minimum absolute atomic E-state index is 0.223. The second-order valence-corrected chi connectivity index (χ2v) is 5.89. The van der Waals surface area contributed by atoms with Crippen LogP contribution in [0.3, 0.4) is 0 Å². The van der Waals surface area contributed by atoms with Crippen molar-refractivity contribution in [2.24, 2.45) is 5.41 Å². The van der Waals surface area contributed by atoms with Gasteiger partial charge in [0.1, 0.15) is 12.4 Å². The number of nitriles is 1. The Balaban J connectivity index is 1.98. The van der Waals surface area contributed by atoms with E-state index < -0.39 is 0 Å². The van der Waals surface area contributed by atoms with Crippen LogP contribution in [-0.2, 0) is 5.41 Å². The number of hydrogen-bond donors (Lipinski definition) is 0. The summed E-state index contributed by atoms with van der Waals surface area (Å²) < 4.78 is 1.91. The van der Waals surface area contributed by atoms with E-state index in [0.29, 0.717) is 5.41 Å². The number of nitrogens with zero attached hydrogens (tertiary/aromatic N) is 4. The van der Waals surface area contributed by atoms with Crippen molar-refractivity contribution in [1.29, 1.82) is 5.26 Å². The van der Waals surface area contributed by atoms with Gasteiger partial charge in [-0.1, -0.05) is 6.92 Å². The molecule has 0 amide bonds. The summed E-state index contributed by atoms with van der Waals surface area (Å²) in [4.78, 5) is 4.01. The minimum Gasteiger partial charge on any atom is -0.241 e. The zero-order chi connectivity index (χ0) is 11.7. The highest BCUT2D eigenvalue weighted by Gasteiger charge is 2.67. The van der Waals surface area contributed by atoms with Crippen LogP contribution < -0.4 is 0 Å². The first-order valence-corrected chi connectivity index (χ1v) is 5.88. The van der Waals surface area contributed by atoms with E-state index in [4.69, 9.17) is 0 Å². The molecule has 5 rings (SSSR count). The molecule has 0 N–H and O–H groups in total. The van der Waals surface area contributed by atoms with Crippen LogP contribution in [0.25, 0.3) is 5.52 Å². The highest BCUT2D eigenvalue weighted by molar-refractivity contribution is 5.58. The fourth-order valence-corrected chi connectivity index (χ4v) is 4.07. The molecule has 2 bridgehead atoms. The Bertz CT molecular complexity index is 657. The smallest absolute Gasteiger partial charge is 0.136 e. The summed E-state index contributed by atoms with van der Waals surface area (Å²) in [5.74, 6) is 0. The molecular formula is C13H12N4. The fourth-order valence-electron chi connectivity index (χ4n) is 4.07. The molecule has 2 heterocycles. The van der Waals surface area contributed by atoms with Crippen molar-refractivity contribution in [3.63, 3.8) is 0 Å². The Hall–Kier alpha value is -1.89. The van der Waals surface area contributed by atoms with Gasteiger partial charge in [-0.3, -0.25) is 0 Å². The maximum atomic E-state index is 9.27. The van der Waals surface area contributed by atoms with Crippen LogP contribution >= 0.6 is 0 Å². The molecule has 0 unspecified atom stereocenters. The van der Waals surface area contributed by atoms with Crippen LogP contribution in [-0.4, -0.2) is 14.6 Å². The number of fused-ring (bicyclic) bond motifs is 1. The molecule has 2 aromatic heterocycles. The second kappa shape index (κ2) is 2.51. The molecule has 0 saturated heterocycles. The molecule has 3 saturated carbocycles. The van der Waals surface area contributed by atoms with Gasteiger partial charge in [0.25, 0.3) is 0 Å². The number of aromatic nitrogens is 3. The van der Waals surface area contributed by atoms with E-state index in [9.17, 15) is 5.26 Å². The Labute approximate surface area is 98.9 Å². The Morgan fingerprint density at radius 2 is 2.18 bits per heavy atom. The van der Waals surface area contributed by atoms with Crippen LogP contribution in [0.2, 0.25) is 0 Å². The third kappa shape index (κ3) is 0.932. The van der Waals surface area contributed by atoms with E-state index >= 15 is 0 Å². The molecule has 0 aliphatic heterocycles. The number of rotatable bonds is 1. The van der Waals surface area contributed by atoms with Crippen molar-refractivity contribution in [3.05, 3.63) is 29.8 Å². The van der Waals surface area contributed by atoms with Gasteiger partial charge in [-0.2, -0.15) is 10.4 Å². The van der Waals surface area contributed by atoms with Gasteiger partial charge in [-0.25, -0.2) is 9.50 Å². The van der Waals surface area contributed by atoms with Crippen LogP contribution in [0.4, 0.5) is 0 Å². The lowest BCUT2D eigenvalue weighted by Crippen LogP contribution is -2.63. The van der Waals surface area contributed by atoms with Crippen molar-refractivity contribution in [3.8, 4) is 6.07 Å². The average molecular weight is 224 g/mol. The van der Waals surface area contributed by atoms with Crippen molar-refractivity contribution in [2.75, 3.05) is 0 Å². The first kappa shape index (κ1) is 9.17. The molecule has 3 fully saturated rings. The Morgan fingerprint density at radius 1 is 1.41 bits per heavy atom. The topological polar surface area (TPSA) is 54.0 Å². The van der Waals surface area contributed by atoms with Gasteiger partial charge in [-0.15, -0.1) is 0 Å². The molecule has 4 heteroatoms. The summed E-state index contributed by atoms with van der Waals surface area (Å²) in [7, 11) is 0. The lowest BCUT2D eigenvalue weighted by atomic mass is 9.35. The van der Waals surface area contributed by atoms with Crippen molar-refractivity contribution >= 4 is 5.52 Å². The summed E-state index contributed by atoms with van der Waals surface area (Å²) >= 11 is 0. The molecule has 84 valence electrons. The maximum Gasteiger partial charge on any atom is 0.136 e. The largest absolute Gasteiger partial charge is 0.241 e. The zero-order valence-corrected chi connectivity index (χ0v) is 9.64. The highest BCUT2D eigenvalue weighted by atomic mass is 15.2. The monoisotopic (exact) mass is 224 g/mol. The van der Waals surface area contributed by atoms with Crippen molar-refractivity contribution in [1.82, 2.24) is 14.6 Å². The molecule has 17 heavy (non-hydrogen) atoms. The van der Waals surface area contributed by atoms with E-state index in [0.717, 1.165) is 16.8 Å². The maximum absolute atomic E-state index is 9.27. The molecule has 0 radical (unpaired) electrons. The van der Waals surface area contributed by atoms with Crippen LogP contribution in [0.5, 0.6) is 0 Å². The fraction of sp³-hybridized carbons (Fsp3) is 0.462. The van der Waals surface area contributed by atoms with E-state index in [1.54, 1.807) is 12.5 Å². The normalized spacial score (nSPS) is 33.9. The molecule has 3 aliphatic carbocycles. The zero-order valence-electron chi connectivity index (χ0n) is 9.64. The first-order valence-electron chi connectivity index (χ1n) is 5.88. The Kier molecular flexibility index (Phi) is 1.35. The predicted molar refractivity (Wildman–Crippen MR) is 61.3 cm³/mol. The van der Waals surface area contributed by atoms with Gasteiger partial charge >= 0.3 is 0 Å². The van der Waals surface area contributed by atoms with Crippen molar-refractivity contribution in [2.45, 2.75) is 31.6 Å². The summed E-state index contributed by atoms with van der Waals surface area (Å²) in [6.45, 7) is 2.32. The van der Waals surface area contributed by atoms with E-state index in [-0.39, 0.29) is 5.41 Å². The summed E-state index contributed by atoms with van der Waals surface area (Å²) in [5, 5.41) is 13.6. The van der Waals surface area contributed by atoms with E-state index in [2.05, 4.69) is 23.1 Å². The van der Waals surface area contributed by atoms with Crippen LogP contribution in [0.1, 0.15) is 37.4 Å². The second-order valence-electron chi connectivity index (χ2n) is 5.89.